The van der Waals surface area contributed by atoms with Crippen LogP contribution in [0.3, 0.4) is 0 Å². The van der Waals surface area contributed by atoms with Crippen LogP contribution in [0.4, 0.5) is 0 Å². The summed E-state index contributed by atoms with van der Waals surface area (Å²) in [5, 5.41) is 2.88. The number of aryl methyl sites for hydroxylation is 1. The van der Waals surface area contributed by atoms with Crippen LogP contribution in [0.15, 0.2) is 12.1 Å². The predicted octanol–water partition coefficient (Wildman–Crippen LogP) is 2.19. The van der Waals surface area contributed by atoms with Crippen LogP contribution in [-0.2, 0) is 15.9 Å². The summed E-state index contributed by atoms with van der Waals surface area (Å²) in [7, 11) is 0. The van der Waals surface area contributed by atoms with Gasteiger partial charge in [-0.05, 0) is 32.4 Å². The second-order valence-electron chi connectivity index (χ2n) is 4.78. The molecule has 1 N–H and O–H groups in total. The fraction of sp³-hybridized carbons (Fsp3) is 0.615. The molecule has 1 aromatic heterocycles. The molecule has 1 aromatic rings. The summed E-state index contributed by atoms with van der Waals surface area (Å²) in [4.78, 5) is 13.9. The Morgan fingerprint density at radius 2 is 2.33 bits per heavy atom. The van der Waals surface area contributed by atoms with Gasteiger partial charge in [-0.25, -0.2) is 0 Å². The van der Waals surface area contributed by atoms with Gasteiger partial charge < -0.3 is 14.8 Å². The molecule has 2 heterocycles. The molecule has 1 atom stereocenters. The average Bonchev–Trinajstić information content (AvgIpc) is 2.92. The molecule has 1 unspecified atom stereocenters. The standard InChI is InChI=1S/C13H19NO3S/c1-4-10-5-6-11(18-10)12(15)14-7-9-8-16-13(2,3)17-9/h5-6,9H,4,7-8H2,1-3H3,(H,14,15). The quantitative estimate of drug-likeness (QED) is 0.911. The van der Waals surface area contributed by atoms with E-state index in [1.54, 1.807) is 0 Å². The number of rotatable bonds is 4. The van der Waals surface area contributed by atoms with Gasteiger partial charge in [0, 0.05) is 11.4 Å². The maximum absolute atomic E-state index is 11.9. The molecule has 0 bridgehead atoms. The maximum atomic E-state index is 11.9. The first-order valence-corrected chi connectivity index (χ1v) is 7.00. The van der Waals surface area contributed by atoms with Gasteiger partial charge in [-0.1, -0.05) is 6.92 Å². The highest BCUT2D eigenvalue weighted by molar-refractivity contribution is 7.14. The number of carbonyl (C=O) groups is 1. The Hall–Kier alpha value is -0.910. The van der Waals surface area contributed by atoms with Crippen molar-refractivity contribution in [2.24, 2.45) is 0 Å². The summed E-state index contributed by atoms with van der Waals surface area (Å²) in [5.41, 5.74) is 0. The van der Waals surface area contributed by atoms with Crippen LogP contribution in [0, 0.1) is 0 Å². The van der Waals surface area contributed by atoms with E-state index in [1.165, 1.54) is 16.2 Å². The summed E-state index contributed by atoms with van der Waals surface area (Å²) in [6, 6.07) is 3.87. The minimum absolute atomic E-state index is 0.0343. The van der Waals surface area contributed by atoms with Crippen LogP contribution >= 0.6 is 11.3 Å². The zero-order valence-electron chi connectivity index (χ0n) is 11.0. The molecule has 5 heteroatoms. The van der Waals surface area contributed by atoms with Crippen molar-refractivity contribution in [1.82, 2.24) is 5.32 Å². The van der Waals surface area contributed by atoms with E-state index in [9.17, 15) is 4.79 Å². The van der Waals surface area contributed by atoms with Gasteiger partial charge in [-0.2, -0.15) is 0 Å². The fourth-order valence-corrected chi connectivity index (χ4v) is 2.71. The number of hydrogen-bond donors (Lipinski definition) is 1. The van der Waals surface area contributed by atoms with E-state index in [0.717, 1.165) is 11.3 Å². The van der Waals surface area contributed by atoms with Crippen LogP contribution in [0.1, 0.15) is 35.3 Å². The third-order valence-electron chi connectivity index (χ3n) is 2.79. The highest BCUT2D eigenvalue weighted by Crippen LogP contribution is 2.22. The summed E-state index contributed by atoms with van der Waals surface area (Å²) in [6.45, 7) is 6.85. The lowest BCUT2D eigenvalue weighted by atomic mass is 10.3. The molecule has 100 valence electrons. The molecule has 0 radical (unpaired) electrons. The third-order valence-corrected chi connectivity index (χ3v) is 4.02. The second-order valence-corrected chi connectivity index (χ2v) is 5.95. The molecule has 1 fully saturated rings. The molecular formula is C13H19NO3S. The number of nitrogens with one attached hydrogen (secondary N) is 1. The molecule has 1 aliphatic rings. The van der Waals surface area contributed by atoms with Gasteiger partial charge in [0.2, 0.25) is 0 Å². The predicted molar refractivity (Wildman–Crippen MR) is 70.9 cm³/mol. The van der Waals surface area contributed by atoms with Gasteiger partial charge in [0.25, 0.3) is 5.91 Å². The summed E-state index contributed by atoms with van der Waals surface area (Å²) in [6.07, 6.45) is 0.903. The highest BCUT2D eigenvalue weighted by Gasteiger charge is 2.32. The zero-order chi connectivity index (χ0) is 13.2. The SMILES string of the molecule is CCc1ccc(C(=O)NCC2COC(C)(C)O2)s1. The van der Waals surface area contributed by atoms with E-state index < -0.39 is 5.79 Å². The minimum atomic E-state index is -0.534. The molecule has 0 aliphatic carbocycles. The van der Waals surface area contributed by atoms with E-state index >= 15 is 0 Å². The van der Waals surface area contributed by atoms with Crippen molar-refractivity contribution in [1.29, 1.82) is 0 Å². The monoisotopic (exact) mass is 269 g/mol. The lowest BCUT2D eigenvalue weighted by Gasteiger charge is -2.17. The summed E-state index contributed by atoms with van der Waals surface area (Å²) in [5.74, 6) is -0.568. The number of ether oxygens (including phenoxy) is 2. The second kappa shape index (κ2) is 5.38. The highest BCUT2D eigenvalue weighted by atomic mass is 32.1. The van der Waals surface area contributed by atoms with Crippen LogP contribution < -0.4 is 5.32 Å². The number of hydrogen-bond acceptors (Lipinski definition) is 4. The number of thiophene rings is 1. The van der Waals surface area contributed by atoms with Gasteiger partial charge in [0.15, 0.2) is 5.79 Å². The van der Waals surface area contributed by atoms with Gasteiger partial charge in [0.05, 0.1) is 11.5 Å². The molecule has 0 saturated carbocycles. The molecule has 0 aromatic carbocycles. The van der Waals surface area contributed by atoms with Crippen molar-refractivity contribution < 1.29 is 14.3 Å². The van der Waals surface area contributed by atoms with E-state index in [1.807, 2.05) is 26.0 Å². The van der Waals surface area contributed by atoms with Gasteiger partial charge in [-0.3, -0.25) is 4.79 Å². The van der Waals surface area contributed by atoms with Crippen LogP contribution in [0.25, 0.3) is 0 Å². The molecule has 2 rings (SSSR count). The van der Waals surface area contributed by atoms with E-state index in [0.29, 0.717) is 13.2 Å². The molecule has 1 aliphatic heterocycles. The molecule has 0 spiro atoms. The van der Waals surface area contributed by atoms with E-state index in [2.05, 4.69) is 12.2 Å². The van der Waals surface area contributed by atoms with E-state index in [-0.39, 0.29) is 12.0 Å². The van der Waals surface area contributed by atoms with Crippen molar-refractivity contribution in [2.45, 2.75) is 39.1 Å². The van der Waals surface area contributed by atoms with Crippen LogP contribution in [0.2, 0.25) is 0 Å². The Morgan fingerprint density at radius 3 is 2.89 bits per heavy atom. The number of carbonyl (C=O) groups excluding carboxylic acids is 1. The largest absolute Gasteiger partial charge is 0.349 e. The third kappa shape index (κ3) is 3.31. The van der Waals surface area contributed by atoms with Crippen molar-refractivity contribution in [2.75, 3.05) is 13.2 Å². The van der Waals surface area contributed by atoms with Gasteiger partial charge in [-0.15, -0.1) is 11.3 Å². The molecular weight excluding hydrogens is 250 g/mol. The Morgan fingerprint density at radius 1 is 1.56 bits per heavy atom. The minimum Gasteiger partial charge on any atom is -0.349 e. The molecule has 1 amide bonds. The fourth-order valence-electron chi connectivity index (χ4n) is 1.85. The smallest absolute Gasteiger partial charge is 0.261 e. The lowest BCUT2D eigenvalue weighted by Crippen LogP contribution is -2.34. The summed E-state index contributed by atoms with van der Waals surface area (Å²) < 4.78 is 11.1. The number of amides is 1. The van der Waals surface area contributed by atoms with Gasteiger partial charge in [0.1, 0.15) is 6.10 Å². The molecule has 1 saturated heterocycles. The van der Waals surface area contributed by atoms with Gasteiger partial charge >= 0.3 is 0 Å². The average molecular weight is 269 g/mol. The van der Waals surface area contributed by atoms with Crippen molar-refractivity contribution in [3.8, 4) is 0 Å². The normalized spacial score (nSPS) is 22.1. The Labute approximate surface area is 111 Å². The van der Waals surface area contributed by atoms with Crippen molar-refractivity contribution in [3.05, 3.63) is 21.9 Å². The first-order chi connectivity index (χ1) is 8.50. The molecule has 18 heavy (non-hydrogen) atoms. The van der Waals surface area contributed by atoms with Crippen LogP contribution in [-0.4, -0.2) is 30.9 Å². The lowest BCUT2D eigenvalue weighted by molar-refractivity contribution is -0.137. The topological polar surface area (TPSA) is 47.6 Å². The summed E-state index contributed by atoms with van der Waals surface area (Å²) >= 11 is 1.54. The van der Waals surface area contributed by atoms with E-state index in [4.69, 9.17) is 9.47 Å². The Kier molecular flexibility index (Phi) is 4.04. The first kappa shape index (κ1) is 13.5. The Bertz CT molecular complexity index is 428. The Balaban J connectivity index is 1.82. The van der Waals surface area contributed by atoms with Crippen molar-refractivity contribution >= 4 is 17.2 Å². The first-order valence-electron chi connectivity index (χ1n) is 6.19. The van der Waals surface area contributed by atoms with Crippen LogP contribution in [0.5, 0.6) is 0 Å². The molecule has 4 nitrogen and oxygen atoms in total. The maximum Gasteiger partial charge on any atom is 0.261 e. The van der Waals surface area contributed by atoms with Crippen molar-refractivity contribution in [3.63, 3.8) is 0 Å². The zero-order valence-corrected chi connectivity index (χ0v) is 11.8.